The number of pyridine rings is 1. The van der Waals surface area contributed by atoms with Crippen LogP contribution < -0.4 is 20.4 Å². The van der Waals surface area contributed by atoms with Gasteiger partial charge >= 0.3 is 0 Å². The molecule has 1 fully saturated rings. The first-order valence-corrected chi connectivity index (χ1v) is 10.0. The van der Waals surface area contributed by atoms with Gasteiger partial charge in [-0.15, -0.1) is 0 Å². The standard InChI is InChI=1S/C21H29ClN6/c1-23-21(24-14-16-8-6-12-20(25-16)27(2)3)26-17-9-7-13-28(15-17)19-11-5-4-10-18(19)22/h4-6,8,10-12,17H,7,9,13-15H2,1-3H3,(H2,23,24,26). The number of nitrogens with zero attached hydrogens (tertiary/aromatic N) is 4. The smallest absolute Gasteiger partial charge is 0.191 e. The maximum Gasteiger partial charge on any atom is 0.191 e. The number of para-hydroxylation sites is 1. The summed E-state index contributed by atoms with van der Waals surface area (Å²) in [4.78, 5) is 13.4. The molecule has 150 valence electrons. The highest BCUT2D eigenvalue weighted by atomic mass is 35.5. The Labute approximate surface area is 172 Å². The molecule has 1 aromatic carbocycles. The number of hydrogen-bond acceptors (Lipinski definition) is 4. The van der Waals surface area contributed by atoms with Gasteiger partial charge in [0.25, 0.3) is 0 Å². The van der Waals surface area contributed by atoms with E-state index >= 15 is 0 Å². The van der Waals surface area contributed by atoms with E-state index < -0.39 is 0 Å². The van der Waals surface area contributed by atoms with Gasteiger partial charge in [-0.3, -0.25) is 4.99 Å². The van der Waals surface area contributed by atoms with Gasteiger partial charge < -0.3 is 20.4 Å². The Kier molecular flexibility index (Phi) is 6.98. The molecule has 1 aliphatic rings. The predicted octanol–water partition coefficient (Wildman–Crippen LogP) is 3.14. The second-order valence-corrected chi connectivity index (χ2v) is 7.60. The lowest BCUT2D eigenvalue weighted by Crippen LogP contribution is -2.51. The normalized spacial score (nSPS) is 17.4. The van der Waals surface area contributed by atoms with E-state index in [1.165, 1.54) is 0 Å². The zero-order chi connectivity index (χ0) is 19.9. The summed E-state index contributed by atoms with van der Waals surface area (Å²) < 4.78 is 0. The van der Waals surface area contributed by atoms with Gasteiger partial charge in [-0.25, -0.2) is 4.98 Å². The van der Waals surface area contributed by atoms with E-state index in [0.29, 0.717) is 12.6 Å². The number of guanidine groups is 1. The number of piperidine rings is 1. The molecule has 3 rings (SSSR count). The van der Waals surface area contributed by atoms with Crippen LogP contribution in [-0.4, -0.2) is 51.2 Å². The van der Waals surface area contributed by atoms with Crippen molar-refractivity contribution in [3.8, 4) is 0 Å². The van der Waals surface area contributed by atoms with Crippen LogP contribution in [0.15, 0.2) is 47.5 Å². The van der Waals surface area contributed by atoms with E-state index in [-0.39, 0.29) is 0 Å². The SMILES string of the molecule is CN=C(NCc1cccc(N(C)C)n1)NC1CCCN(c2ccccc2Cl)C1. The first-order valence-electron chi connectivity index (χ1n) is 9.66. The lowest BCUT2D eigenvalue weighted by molar-refractivity contribution is 0.468. The van der Waals surface area contributed by atoms with Crippen molar-refractivity contribution in [2.75, 3.05) is 44.0 Å². The lowest BCUT2D eigenvalue weighted by Gasteiger charge is -2.35. The minimum Gasteiger partial charge on any atom is -0.368 e. The quantitative estimate of drug-likeness (QED) is 0.596. The molecule has 7 heteroatoms. The van der Waals surface area contributed by atoms with Crippen molar-refractivity contribution in [1.29, 1.82) is 0 Å². The van der Waals surface area contributed by atoms with Crippen LogP contribution in [0.1, 0.15) is 18.5 Å². The molecule has 0 amide bonds. The molecule has 2 aromatic rings. The van der Waals surface area contributed by atoms with Crippen LogP contribution in [-0.2, 0) is 6.54 Å². The fraction of sp³-hybridized carbons (Fsp3) is 0.429. The van der Waals surface area contributed by atoms with Crippen LogP contribution in [0.2, 0.25) is 5.02 Å². The summed E-state index contributed by atoms with van der Waals surface area (Å²) in [5.74, 6) is 1.74. The van der Waals surface area contributed by atoms with E-state index in [9.17, 15) is 0 Å². The average Bonchev–Trinajstić information content (AvgIpc) is 2.72. The van der Waals surface area contributed by atoms with Gasteiger partial charge in [0.15, 0.2) is 5.96 Å². The van der Waals surface area contributed by atoms with Crippen LogP contribution in [0.4, 0.5) is 11.5 Å². The second-order valence-electron chi connectivity index (χ2n) is 7.19. The number of benzene rings is 1. The average molecular weight is 401 g/mol. The number of aliphatic imine (C=N–C) groups is 1. The number of hydrogen-bond donors (Lipinski definition) is 2. The van der Waals surface area contributed by atoms with E-state index in [1.807, 2.05) is 55.4 Å². The molecule has 0 saturated carbocycles. The summed E-state index contributed by atoms with van der Waals surface area (Å²) >= 11 is 6.38. The largest absolute Gasteiger partial charge is 0.368 e. The van der Waals surface area contributed by atoms with Gasteiger partial charge in [0.05, 0.1) is 22.9 Å². The summed E-state index contributed by atoms with van der Waals surface area (Å²) in [7, 11) is 5.79. The van der Waals surface area contributed by atoms with Gasteiger partial charge in [0.1, 0.15) is 5.82 Å². The van der Waals surface area contributed by atoms with Crippen molar-refractivity contribution in [1.82, 2.24) is 15.6 Å². The van der Waals surface area contributed by atoms with Gasteiger partial charge in [-0.05, 0) is 37.1 Å². The molecule has 0 radical (unpaired) electrons. The lowest BCUT2D eigenvalue weighted by atomic mass is 10.0. The molecule has 0 spiro atoms. The number of rotatable bonds is 5. The molecule has 6 nitrogen and oxygen atoms in total. The van der Waals surface area contributed by atoms with Gasteiger partial charge in [0, 0.05) is 40.3 Å². The summed E-state index contributed by atoms with van der Waals surface area (Å²) in [5, 5.41) is 7.73. The third kappa shape index (κ3) is 5.29. The number of anilines is 2. The van der Waals surface area contributed by atoms with E-state index in [4.69, 9.17) is 11.6 Å². The molecule has 2 N–H and O–H groups in total. The Balaban J connectivity index is 1.57. The predicted molar refractivity (Wildman–Crippen MR) is 119 cm³/mol. The molecule has 2 heterocycles. The summed E-state index contributed by atoms with van der Waals surface area (Å²) in [5.41, 5.74) is 2.08. The highest BCUT2D eigenvalue weighted by Gasteiger charge is 2.22. The van der Waals surface area contributed by atoms with Gasteiger partial charge in [0.2, 0.25) is 0 Å². The fourth-order valence-electron chi connectivity index (χ4n) is 3.40. The molecule has 0 bridgehead atoms. The minimum atomic E-state index is 0.317. The maximum atomic E-state index is 6.38. The van der Waals surface area contributed by atoms with Gasteiger partial charge in [-0.1, -0.05) is 29.8 Å². The number of aromatic nitrogens is 1. The van der Waals surface area contributed by atoms with Crippen LogP contribution in [0.25, 0.3) is 0 Å². The van der Waals surface area contributed by atoms with Gasteiger partial charge in [-0.2, -0.15) is 0 Å². The van der Waals surface area contributed by atoms with E-state index in [0.717, 1.165) is 54.1 Å². The topological polar surface area (TPSA) is 55.8 Å². The monoisotopic (exact) mass is 400 g/mol. The Morgan fingerprint density at radius 2 is 2.07 bits per heavy atom. The Morgan fingerprint density at radius 3 is 2.82 bits per heavy atom. The summed E-state index contributed by atoms with van der Waals surface area (Å²) in [6.07, 6.45) is 2.22. The van der Waals surface area contributed by atoms with Crippen LogP contribution in [0.5, 0.6) is 0 Å². The molecule has 0 aliphatic carbocycles. The Hall–Kier alpha value is -2.47. The van der Waals surface area contributed by atoms with Crippen LogP contribution >= 0.6 is 11.6 Å². The molecule has 1 atom stereocenters. The minimum absolute atomic E-state index is 0.317. The second kappa shape index (κ2) is 9.64. The molecule has 1 aromatic heterocycles. The van der Waals surface area contributed by atoms with Crippen molar-refractivity contribution in [2.45, 2.75) is 25.4 Å². The van der Waals surface area contributed by atoms with Crippen molar-refractivity contribution < 1.29 is 0 Å². The van der Waals surface area contributed by atoms with E-state index in [1.54, 1.807) is 7.05 Å². The molecular formula is C21H29ClN6. The molecule has 1 aliphatic heterocycles. The van der Waals surface area contributed by atoms with Crippen molar-refractivity contribution >= 4 is 29.1 Å². The fourth-order valence-corrected chi connectivity index (χ4v) is 3.65. The number of halogens is 1. The first kappa shape index (κ1) is 20.3. The molecular weight excluding hydrogens is 372 g/mol. The molecule has 28 heavy (non-hydrogen) atoms. The Morgan fingerprint density at radius 1 is 1.25 bits per heavy atom. The van der Waals surface area contributed by atoms with E-state index in [2.05, 4.69) is 31.6 Å². The van der Waals surface area contributed by atoms with Crippen molar-refractivity contribution in [3.63, 3.8) is 0 Å². The number of nitrogens with one attached hydrogen (secondary N) is 2. The third-order valence-electron chi connectivity index (χ3n) is 4.87. The highest BCUT2D eigenvalue weighted by molar-refractivity contribution is 6.33. The van der Waals surface area contributed by atoms with Crippen molar-refractivity contribution in [3.05, 3.63) is 53.2 Å². The molecule has 1 saturated heterocycles. The Bertz CT molecular complexity index is 807. The zero-order valence-electron chi connectivity index (χ0n) is 16.8. The third-order valence-corrected chi connectivity index (χ3v) is 5.19. The first-order chi connectivity index (χ1) is 13.6. The van der Waals surface area contributed by atoms with Crippen molar-refractivity contribution in [2.24, 2.45) is 4.99 Å². The zero-order valence-corrected chi connectivity index (χ0v) is 17.6. The van der Waals surface area contributed by atoms with Crippen LogP contribution in [0, 0.1) is 0 Å². The van der Waals surface area contributed by atoms with Crippen LogP contribution in [0.3, 0.4) is 0 Å². The molecule has 1 unspecified atom stereocenters. The highest BCUT2D eigenvalue weighted by Crippen LogP contribution is 2.27. The summed E-state index contributed by atoms with van der Waals surface area (Å²) in [6, 6.07) is 14.4. The summed E-state index contributed by atoms with van der Waals surface area (Å²) in [6.45, 7) is 2.55. The maximum absolute atomic E-state index is 6.38.